The van der Waals surface area contributed by atoms with Crippen molar-refractivity contribution in [2.75, 3.05) is 23.7 Å². The van der Waals surface area contributed by atoms with Crippen LogP contribution < -0.4 is 10.6 Å². The Morgan fingerprint density at radius 2 is 1.86 bits per heavy atom. The van der Waals surface area contributed by atoms with Gasteiger partial charge in [0.25, 0.3) is 5.91 Å². The Bertz CT molecular complexity index is 837. The highest BCUT2D eigenvalue weighted by Crippen LogP contribution is 2.22. The third-order valence-electron chi connectivity index (χ3n) is 4.92. The maximum absolute atomic E-state index is 12.7. The second-order valence-corrected chi connectivity index (χ2v) is 7.57. The Morgan fingerprint density at radius 1 is 1.14 bits per heavy atom. The van der Waals surface area contributed by atoms with Crippen molar-refractivity contribution < 1.29 is 9.59 Å². The number of aromatic nitrogens is 2. The van der Waals surface area contributed by atoms with Gasteiger partial charge in [0.2, 0.25) is 5.91 Å². The van der Waals surface area contributed by atoms with Crippen molar-refractivity contribution in [3.8, 4) is 0 Å². The summed E-state index contributed by atoms with van der Waals surface area (Å²) in [7, 11) is 0. The van der Waals surface area contributed by atoms with Crippen molar-refractivity contribution in [1.29, 1.82) is 0 Å². The van der Waals surface area contributed by atoms with E-state index in [2.05, 4.69) is 39.3 Å². The first-order valence-electron chi connectivity index (χ1n) is 9.36. The lowest BCUT2D eigenvalue weighted by Gasteiger charge is -2.34. The van der Waals surface area contributed by atoms with Crippen LogP contribution in [0, 0.1) is 5.92 Å². The van der Waals surface area contributed by atoms with Gasteiger partial charge in [-0.1, -0.05) is 11.6 Å². The molecule has 1 aliphatic heterocycles. The normalized spacial score (nSPS) is 14.9. The number of halogens is 2. The van der Waals surface area contributed by atoms with Crippen molar-refractivity contribution in [2.45, 2.75) is 32.7 Å². The molecule has 0 bridgehead atoms. The van der Waals surface area contributed by atoms with Crippen molar-refractivity contribution in [3.63, 3.8) is 0 Å². The minimum atomic E-state index is -0.396. The number of likely N-dealkylation sites (tertiary alicyclic amines) is 1. The van der Waals surface area contributed by atoms with E-state index in [-0.39, 0.29) is 29.8 Å². The summed E-state index contributed by atoms with van der Waals surface area (Å²) in [5.74, 6) is -0.144. The van der Waals surface area contributed by atoms with Gasteiger partial charge in [-0.2, -0.15) is 0 Å². The quantitative estimate of drug-likeness (QED) is 0.740. The van der Waals surface area contributed by atoms with Gasteiger partial charge >= 0.3 is 0 Å². The lowest BCUT2D eigenvalue weighted by Crippen LogP contribution is -2.41. The zero-order valence-electron chi connectivity index (χ0n) is 16.4. The van der Waals surface area contributed by atoms with E-state index in [1.165, 1.54) is 12.4 Å². The first-order chi connectivity index (χ1) is 13.4. The zero-order valence-corrected chi connectivity index (χ0v) is 18.0. The maximum atomic E-state index is 12.7. The summed E-state index contributed by atoms with van der Waals surface area (Å²) in [5.41, 5.74) is 0.727. The van der Waals surface area contributed by atoms with Crippen molar-refractivity contribution in [2.24, 2.45) is 5.92 Å². The summed E-state index contributed by atoms with van der Waals surface area (Å²) >= 11 is 5.81. The van der Waals surface area contributed by atoms with Crippen molar-refractivity contribution in [3.05, 3.63) is 47.4 Å². The molecule has 2 amide bonds. The van der Waals surface area contributed by atoms with E-state index in [0.29, 0.717) is 22.6 Å². The molecule has 3 rings (SSSR count). The molecule has 2 N–H and O–H groups in total. The fourth-order valence-corrected chi connectivity index (χ4v) is 3.34. The lowest BCUT2D eigenvalue weighted by atomic mass is 9.95. The second kappa shape index (κ2) is 10.5. The van der Waals surface area contributed by atoms with Gasteiger partial charge in [-0.25, -0.2) is 4.98 Å². The van der Waals surface area contributed by atoms with Crippen LogP contribution in [0.4, 0.5) is 11.5 Å². The van der Waals surface area contributed by atoms with E-state index in [9.17, 15) is 9.59 Å². The molecule has 1 aliphatic rings. The number of hydrogen-bond acceptors (Lipinski definition) is 5. The SMILES string of the molecule is CC(C)N1CCC(C(=O)Nc2ccncc2C(=O)Nc2ccc(Cl)cn2)CC1.Cl. The third-order valence-corrected chi connectivity index (χ3v) is 5.15. The predicted molar refractivity (Wildman–Crippen MR) is 117 cm³/mol. The first kappa shape index (κ1) is 23.1. The fraction of sp³-hybridized carbons (Fsp3) is 0.400. The van der Waals surface area contributed by atoms with Crippen molar-refractivity contribution in [1.82, 2.24) is 14.9 Å². The molecule has 0 spiro atoms. The molecule has 0 aliphatic carbocycles. The lowest BCUT2D eigenvalue weighted by molar-refractivity contribution is -0.121. The van der Waals surface area contributed by atoms with Crippen LogP contribution >= 0.6 is 24.0 Å². The highest BCUT2D eigenvalue weighted by Gasteiger charge is 2.27. The van der Waals surface area contributed by atoms with Crippen LogP contribution in [0.25, 0.3) is 0 Å². The Labute approximate surface area is 181 Å². The molecule has 0 radical (unpaired) electrons. The van der Waals surface area contributed by atoms with Crippen molar-refractivity contribution >= 4 is 47.3 Å². The molecule has 7 nitrogen and oxygen atoms in total. The summed E-state index contributed by atoms with van der Waals surface area (Å²) in [6.45, 7) is 6.14. The number of carbonyl (C=O) groups excluding carboxylic acids is 2. The van der Waals surface area contributed by atoms with Crippen LogP contribution in [0.15, 0.2) is 36.8 Å². The van der Waals surface area contributed by atoms with Crippen LogP contribution in [0.3, 0.4) is 0 Å². The molecule has 2 aromatic heterocycles. The number of piperidine rings is 1. The Kier molecular flexibility index (Phi) is 8.37. The third kappa shape index (κ3) is 6.13. The van der Waals surface area contributed by atoms with E-state index >= 15 is 0 Å². The Balaban J connectivity index is 0.00000300. The van der Waals surface area contributed by atoms with Gasteiger partial charge in [0.05, 0.1) is 16.3 Å². The molecule has 0 saturated carbocycles. The second-order valence-electron chi connectivity index (χ2n) is 7.13. The summed E-state index contributed by atoms with van der Waals surface area (Å²) in [6, 6.07) is 5.36. The van der Waals surface area contributed by atoms with Gasteiger partial charge in [0.15, 0.2) is 0 Å². The number of nitrogens with one attached hydrogen (secondary N) is 2. The highest BCUT2D eigenvalue weighted by molar-refractivity contribution is 6.30. The fourth-order valence-electron chi connectivity index (χ4n) is 3.23. The van der Waals surface area contributed by atoms with E-state index in [1.54, 1.807) is 24.4 Å². The number of amides is 2. The number of rotatable bonds is 5. The molecule has 3 heterocycles. The smallest absolute Gasteiger partial charge is 0.260 e. The van der Waals surface area contributed by atoms with E-state index in [0.717, 1.165) is 25.9 Å². The molecule has 0 unspecified atom stereocenters. The van der Waals surface area contributed by atoms with Crippen LogP contribution in [-0.4, -0.2) is 45.8 Å². The molecule has 0 aromatic carbocycles. The van der Waals surface area contributed by atoms with Crippen LogP contribution in [0.5, 0.6) is 0 Å². The minimum absolute atomic E-state index is 0. The van der Waals surface area contributed by atoms with Gasteiger partial charge in [0, 0.05) is 30.6 Å². The molecular formula is C20H25Cl2N5O2. The van der Waals surface area contributed by atoms with Gasteiger partial charge < -0.3 is 15.5 Å². The topological polar surface area (TPSA) is 87.2 Å². The average Bonchev–Trinajstić information content (AvgIpc) is 2.70. The van der Waals surface area contributed by atoms with Gasteiger partial charge in [0.1, 0.15) is 5.82 Å². The monoisotopic (exact) mass is 437 g/mol. The molecule has 9 heteroatoms. The summed E-state index contributed by atoms with van der Waals surface area (Å²) in [5, 5.41) is 6.07. The van der Waals surface area contributed by atoms with Gasteiger partial charge in [-0.15, -0.1) is 12.4 Å². The molecule has 2 aromatic rings. The minimum Gasteiger partial charge on any atom is -0.325 e. The molecule has 156 valence electrons. The molecule has 29 heavy (non-hydrogen) atoms. The number of nitrogens with zero attached hydrogens (tertiary/aromatic N) is 3. The number of pyridine rings is 2. The predicted octanol–water partition coefficient (Wildman–Crippen LogP) is 3.86. The molecule has 0 atom stereocenters. The standard InChI is InChI=1S/C20H24ClN5O2.ClH/c1-13(2)26-9-6-14(7-10-26)19(27)24-17-5-8-22-12-16(17)20(28)25-18-4-3-15(21)11-23-18;/h3-5,8,11-14H,6-7,9-10H2,1-2H3,(H,22,24,27)(H,23,25,28);1H. The zero-order chi connectivity index (χ0) is 20.1. The van der Waals surface area contributed by atoms with Crippen LogP contribution in [0.1, 0.15) is 37.0 Å². The Morgan fingerprint density at radius 3 is 2.48 bits per heavy atom. The molecular weight excluding hydrogens is 413 g/mol. The number of anilines is 2. The summed E-state index contributed by atoms with van der Waals surface area (Å²) < 4.78 is 0. The largest absolute Gasteiger partial charge is 0.325 e. The van der Waals surface area contributed by atoms with Gasteiger partial charge in [-0.3, -0.25) is 14.6 Å². The first-order valence-corrected chi connectivity index (χ1v) is 9.73. The number of carbonyl (C=O) groups is 2. The van der Waals surface area contributed by atoms with E-state index in [1.807, 2.05) is 0 Å². The number of hydrogen-bond donors (Lipinski definition) is 2. The van der Waals surface area contributed by atoms with Gasteiger partial charge in [-0.05, 0) is 58.0 Å². The highest BCUT2D eigenvalue weighted by atomic mass is 35.5. The summed E-state index contributed by atoms with van der Waals surface area (Å²) in [6.07, 6.45) is 6.06. The average molecular weight is 438 g/mol. The van der Waals surface area contributed by atoms with Crippen LogP contribution in [-0.2, 0) is 4.79 Å². The van der Waals surface area contributed by atoms with E-state index in [4.69, 9.17) is 11.6 Å². The molecule has 1 saturated heterocycles. The maximum Gasteiger partial charge on any atom is 0.260 e. The van der Waals surface area contributed by atoms with Crippen LogP contribution in [0.2, 0.25) is 5.02 Å². The van der Waals surface area contributed by atoms with E-state index < -0.39 is 5.91 Å². The Hall–Kier alpha value is -2.22. The summed E-state index contributed by atoms with van der Waals surface area (Å²) in [4.78, 5) is 35.8. The molecule has 1 fully saturated rings.